The summed E-state index contributed by atoms with van der Waals surface area (Å²) in [5.74, 6) is 7.02. The van der Waals surface area contributed by atoms with Crippen molar-refractivity contribution in [3.8, 4) is 0 Å². The summed E-state index contributed by atoms with van der Waals surface area (Å²) >= 11 is 0. The van der Waals surface area contributed by atoms with E-state index in [4.69, 9.17) is 9.47 Å². The summed E-state index contributed by atoms with van der Waals surface area (Å²) in [6.45, 7) is 20.5. The fraction of sp³-hybridized carbons (Fsp3) is 0.833. The van der Waals surface area contributed by atoms with Gasteiger partial charge in [0.15, 0.2) is 0 Å². The highest BCUT2D eigenvalue weighted by Crippen LogP contribution is 2.66. The van der Waals surface area contributed by atoms with Gasteiger partial charge in [-0.2, -0.15) is 0 Å². The number of esters is 2. The predicted octanol–water partition coefficient (Wildman–Crippen LogP) is 12.6. The number of carbonyl (C=O) groups excluding carboxylic acids is 2. The van der Waals surface area contributed by atoms with Crippen LogP contribution in [0.15, 0.2) is 24.3 Å². The minimum Gasteiger partial charge on any atom is -0.461 e. The largest absolute Gasteiger partial charge is 0.461 e. The first kappa shape index (κ1) is 38.4. The number of benzene rings is 1. The van der Waals surface area contributed by atoms with E-state index in [1.807, 2.05) is 12.1 Å². The standard InChI is InChI=1S/C48H74O4/c1-31(2)33-15-19-39-35(27-33)17-21-41-45(5,23-11-25-47(39,41)7)29-51-43(49)37-13-9-10-14-38(37)44(50)52-30-46(6)24-12-26-48(8)40-20-16-34(32(3)4)28-36(40)18-22-42(46)48/h9-10,13-14,31-36,39-42H,11-12,15-30H2,1-8H3/t33?,34?,35?,36?,39-,40-,41-,42-,45-,46-,47+,48+/m0/s1. The number of hydrogen-bond donors (Lipinski definition) is 0. The third-order valence-electron chi connectivity index (χ3n) is 17.9. The van der Waals surface area contributed by atoms with Crippen molar-refractivity contribution in [2.24, 2.45) is 80.8 Å². The van der Waals surface area contributed by atoms with Crippen molar-refractivity contribution in [2.45, 2.75) is 158 Å². The van der Waals surface area contributed by atoms with E-state index in [0.717, 1.165) is 60.2 Å². The Hall–Kier alpha value is -1.84. The van der Waals surface area contributed by atoms with E-state index in [-0.39, 0.29) is 22.8 Å². The molecule has 0 spiro atoms. The van der Waals surface area contributed by atoms with Crippen LogP contribution in [0.3, 0.4) is 0 Å². The summed E-state index contributed by atoms with van der Waals surface area (Å²) in [5, 5.41) is 0. The van der Waals surface area contributed by atoms with Gasteiger partial charge in [-0.05, 0) is 172 Å². The molecule has 0 aliphatic heterocycles. The first-order chi connectivity index (χ1) is 24.7. The minimum atomic E-state index is -0.376. The molecular weight excluding hydrogens is 641 g/mol. The molecule has 0 bridgehead atoms. The molecule has 4 nitrogen and oxygen atoms in total. The second kappa shape index (κ2) is 14.7. The quantitative estimate of drug-likeness (QED) is 0.252. The van der Waals surface area contributed by atoms with Gasteiger partial charge in [-0.3, -0.25) is 0 Å². The zero-order chi connectivity index (χ0) is 37.1. The molecule has 6 saturated carbocycles. The van der Waals surface area contributed by atoms with E-state index >= 15 is 0 Å². The first-order valence-corrected chi connectivity index (χ1v) is 22.1. The maximum Gasteiger partial charge on any atom is 0.339 e. The Balaban J connectivity index is 0.994. The van der Waals surface area contributed by atoms with Gasteiger partial charge >= 0.3 is 11.9 Å². The summed E-state index contributed by atoms with van der Waals surface area (Å²) < 4.78 is 12.5. The van der Waals surface area contributed by atoms with Crippen molar-refractivity contribution < 1.29 is 19.1 Å². The van der Waals surface area contributed by atoms with Crippen LogP contribution in [0.25, 0.3) is 0 Å². The van der Waals surface area contributed by atoms with Gasteiger partial charge in [0.25, 0.3) is 0 Å². The van der Waals surface area contributed by atoms with Gasteiger partial charge in [0.2, 0.25) is 0 Å². The Morgan fingerprint density at radius 2 is 1.00 bits per heavy atom. The van der Waals surface area contributed by atoms with Crippen LogP contribution in [0, 0.1) is 80.8 Å². The first-order valence-electron chi connectivity index (χ1n) is 22.1. The molecule has 0 aromatic heterocycles. The van der Waals surface area contributed by atoms with Crippen molar-refractivity contribution in [2.75, 3.05) is 13.2 Å². The van der Waals surface area contributed by atoms with Crippen molar-refractivity contribution in [3.05, 3.63) is 35.4 Å². The Morgan fingerprint density at radius 3 is 1.38 bits per heavy atom. The number of rotatable bonds is 8. The molecule has 4 heteroatoms. The van der Waals surface area contributed by atoms with E-state index in [2.05, 4.69) is 55.4 Å². The molecule has 6 aliphatic rings. The Morgan fingerprint density at radius 1 is 0.596 bits per heavy atom. The maximum absolute atomic E-state index is 13.9. The van der Waals surface area contributed by atoms with E-state index in [9.17, 15) is 9.59 Å². The van der Waals surface area contributed by atoms with Crippen molar-refractivity contribution >= 4 is 11.9 Å². The van der Waals surface area contributed by atoms with Crippen LogP contribution in [0.2, 0.25) is 0 Å². The molecule has 52 heavy (non-hydrogen) atoms. The van der Waals surface area contributed by atoms with Gasteiger partial charge in [0, 0.05) is 10.8 Å². The second-order valence-electron chi connectivity index (χ2n) is 21.4. The van der Waals surface area contributed by atoms with Gasteiger partial charge in [-0.15, -0.1) is 0 Å². The monoisotopic (exact) mass is 715 g/mol. The molecule has 1 aromatic carbocycles. The van der Waals surface area contributed by atoms with E-state index < -0.39 is 0 Å². The van der Waals surface area contributed by atoms with E-state index in [0.29, 0.717) is 47.0 Å². The van der Waals surface area contributed by atoms with Crippen LogP contribution in [-0.2, 0) is 9.47 Å². The van der Waals surface area contributed by atoms with Crippen molar-refractivity contribution in [3.63, 3.8) is 0 Å². The molecule has 4 unspecified atom stereocenters. The Bertz CT molecular complexity index is 1340. The normalized spacial score (nSPS) is 43.1. The molecule has 6 fully saturated rings. The topological polar surface area (TPSA) is 52.6 Å². The van der Waals surface area contributed by atoms with Crippen LogP contribution in [-0.4, -0.2) is 25.2 Å². The van der Waals surface area contributed by atoms with Gasteiger partial charge in [0.05, 0.1) is 24.3 Å². The van der Waals surface area contributed by atoms with Gasteiger partial charge < -0.3 is 9.47 Å². The van der Waals surface area contributed by atoms with E-state index in [1.54, 1.807) is 12.1 Å². The Labute approximate surface area is 317 Å². The molecule has 0 amide bonds. The molecule has 0 saturated heterocycles. The fourth-order valence-electron chi connectivity index (χ4n) is 15.0. The van der Waals surface area contributed by atoms with Crippen LogP contribution >= 0.6 is 0 Å². The lowest BCUT2D eigenvalue weighted by atomic mass is 9.44. The average Bonchev–Trinajstić information content (AvgIpc) is 3.12. The molecule has 0 N–H and O–H groups in total. The smallest absolute Gasteiger partial charge is 0.339 e. The summed E-state index contributed by atoms with van der Waals surface area (Å²) in [7, 11) is 0. The average molecular weight is 715 g/mol. The lowest BCUT2D eigenvalue weighted by Crippen LogP contribution is -2.55. The van der Waals surface area contributed by atoms with Gasteiger partial charge in [0.1, 0.15) is 0 Å². The molecule has 290 valence electrons. The maximum atomic E-state index is 13.9. The molecule has 1 aromatic rings. The van der Waals surface area contributed by atoms with Crippen LogP contribution in [0.4, 0.5) is 0 Å². The lowest BCUT2D eigenvalue weighted by molar-refractivity contribution is -0.136. The van der Waals surface area contributed by atoms with E-state index in [1.165, 1.54) is 89.9 Å². The van der Waals surface area contributed by atoms with Crippen LogP contribution < -0.4 is 0 Å². The molecular formula is C48H74O4. The molecule has 0 radical (unpaired) electrons. The molecule has 0 heterocycles. The third-order valence-corrected chi connectivity index (χ3v) is 17.9. The van der Waals surface area contributed by atoms with Gasteiger partial charge in [-0.1, -0.05) is 80.4 Å². The summed E-state index contributed by atoms with van der Waals surface area (Å²) in [6, 6.07) is 7.22. The van der Waals surface area contributed by atoms with Gasteiger partial charge in [-0.25, -0.2) is 9.59 Å². The van der Waals surface area contributed by atoms with Crippen LogP contribution in [0.5, 0.6) is 0 Å². The number of hydrogen-bond acceptors (Lipinski definition) is 4. The number of fused-ring (bicyclic) bond motifs is 6. The highest BCUT2D eigenvalue weighted by molar-refractivity contribution is 6.03. The number of carbonyl (C=O) groups is 2. The highest BCUT2D eigenvalue weighted by atomic mass is 16.5. The number of ether oxygens (including phenoxy) is 2. The summed E-state index contributed by atoms with van der Waals surface area (Å²) in [4.78, 5) is 27.8. The fourth-order valence-corrected chi connectivity index (χ4v) is 15.0. The lowest BCUT2D eigenvalue weighted by Gasteiger charge is -2.61. The molecule has 7 rings (SSSR count). The summed E-state index contributed by atoms with van der Waals surface area (Å²) in [5.41, 5.74) is 1.28. The van der Waals surface area contributed by atoms with Crippen molar-refractivity contribution in [1.29, 1.82) is 0 Å². The van der Waals surface area contributed by atoms with Crippen LogP contribution in [0.1, 0.15) is 179 Å². The highest BCUT2D eigenvalue weighted by Gasteiger charge is 2.59. The van der Waals surface area contributed by atoms with Crippen molar-refractivity contribution in [1.82, 2.24) is 0 Å². The molecule has 12 atom stereocenters. The molecule has 6 aliphatic carbocycles. The summed E-state index contributed by atoms with van der Waals surface area (Å²) in [6.07, 6.45) is 20.7. The zero-order valence-corrected chi connectivity index (χ0v) is 34.4. The predicted molar refractivity (Wildman–Crippen MR) is 211 cm³/mol. The Kier molecular flexibility index (Phi) is 10.8. The second-order valence-corrected chi connectivity index (χ2v) is 21.4. The zero-order valence-electron chi connectivity index (χ0n) is 34.4. The minimum absolute atomic E-state index is 0.0345. The SMILES string of the molecule is CC(C)C1CC[C@H]2C(CC[C@H]3[C@](C)(COC(=O)c4ccccc4C(=O)OC[C@]4(C)CCC[C@]5(C)[C@H]6CCC(C(C)C)CC6CC[C@@H]45)CCC[C@]23C)C1. The third kappa shape index (κ3) is 6.84.